The van der Waals surface area contributed by atoms with Crippen molar-refractivity contribution in [3.05, 3.63) is 87.8 Å². The summed E-state index contributed by atoms with van der Waals surface area (Å²) in [4.78, 5) is 26.2. The molecular weight excluding hydrogens is 417 g/mol. The highest BCUT2D eigenvalue weighted by atomic mass is 19.4. The number of dihydropyridines is 1. The Kier molecular flexibility index (Phi) is 5.67. The predicted molar refractivity (Wildman–Crippen MR) is 116 cm³/mol. The SMILES string of the molecule is CC1=C(C(=O)Nc2cccc(C(F)(F)F)c2)[C@H](c2ccc(C)cc2)C2=C(CCCC2=O)N1. The number of carbonyl (C=O) groups excluding carboxylic acids is 2. The van der Waals surface area contributed by atoms with Crippen LogP contribution in [0.1, 0.15) is 48.8 Å². The van der Waals surface area contributed by atoms with E-state index in [2.05, 4.69) is 10.6 Å². The fourth-order valence-electron chi connectivity index (χ4n) is 4.35. The third-order valence-corrected chi connectivity index (χ3v) is 5.88. The first-order valence-corrected chi connectivity index (χ1v) is 10.4. The van der Waals surface area contributed by atoms with Crippen LogP contribution in [0.25, 0.3) is 0 Å². The van der Waals surface area contributed by atoms with Gasteiger partial charge in [-0.2, -0.15) is 13.2 Å². The molecule has 0 saturated heterocycles. The lowest BCUT2D eigenvalue weighted by atomic mass is 9.75. The first kappa shape index (κ1) is 21.9. The van der Waals surface area contributed by atoms with Gasteiger partial charge in [0.25, 0.3) is 5.91 Å². The van der Waals surface area contributed by atoms with Crippen molar-refractivity contribution in [2.45, 2.75) is 45.2 Å². The summed E-state index contributed by atoms with van der Waals surface area (Å²) in [6.07, 6.45) is -2.65. The highest BCUT2D eigenvalue weighted by Gasteiger charge is 2.38. The minimum Gasteiger partial charge on any atom is -0.362 e. The van der Waals surface area contributed by atoms with Gasteiger partial charge in [0.15, 0.2) is 5.78 Å². The van der Waals surface area contributed by atoms with Crippen molar-refractivity contribution < 1.29 is 22.8 Å². The van der Waals surface area contributed by atoms with E-state index >= 15 is 0 Å². The maximum Gasteiger partial charge on any atom is 0.416 e. The molecule has 0 spiro atoms. The first-order valence-electron chi connectivity index (χ1n) is 10.4. The van der Waals surface area contributed by atoms with E-state index in [4.69, 9.17) is 0 Å². The van der Waals surface area contributed by atoms with Gasteiger partial charge >= 0.3 is 6.18 Å². The Labute approximate surface area is 184 Å². The van der Waals surface area contributed by atoms with E-state index in [0.29, 0.717) is 29.7 Å². The molecule has 2 aliphatic rings. The minimum atomic E-state index is -4.51. The Bertz CT molecular complexity index is 1140. The van der Waals surface area contributed by atoms with E-state index in [0.717, 1.165) is 35.4 Å². The smallest absolute Gasteiger partial charge is 0.362 e. The number of amides is 1. The Morgan fingerprint density at radius 3 is 2.47 bits per heavy atom. The molecule has 2 aromatic rings. The summed E-state index contributed by atoms with van der Waals surface area (Å²) in [5, 5.41) is 5.82. The predicted octanol–water partition coefficient (Wildman–Crippen LogP) is 5.62. The number of Topliss-reactive ketones (excluding diaryl/α,β-unsaturated/α-hetero) is 1. The minimum absolute atomic E-state index is 0.0128. The highest BCUT2D eigenvalue weighted by molar-refractivity contribution is 6.09. The highest BCUT2D eigenvalue weighted by Crippen LogP contribution is 2.42. The molecule has 0 unspecified atom stereocenters. The number of aryl methyl sites for hydroxylation is 1. The molecule has 7 heteroatoms. The van der Waals surface area contributed by atoms with Gasteiger partial charge in [0.05, 0.1) is 5.56 Å². The van der Waals surface area contributed by atoms with Gasteiger partial charge in [-0.05, 0) is 50.5 Å². The average Bonchev–Trinajstić information content (AvgIpc) is 2.73. The number of ketones is 1. The normalized spacial score (nSPS) is 18.9. The Hall–Kier alpha value is -3.35. The second-order valence-electron chi connectivity index (χ2n) is 8.21. The van der Waals surface area contributed by atoms with E-state index in [-0.39, 0.29) is 11.5 Å². The van der Waals surface area contributed by atoms with Gasteiger partial charge in [-0.15, -0.1) is 0 Å². The molecule has 0 fully saturated rings. The van der Waals surface area contributed by atoms with Crippen molar-refractivity contribution in [2.75, 3.05) is 5.32 Å². The average molecular weight is 440 g/mol. The molecule has 1 aliphatic carbocycles. The van der Waals surface area contributed by atoms with E-state index in [1.807, 2.05) is 31.2 Å². The third-order valence-electron chi connectivity index (χ3n) is 5.88. The molecule has 1 amide bonds. The molecule has 166 valence electrons. The van der Waals surface area contributed by atoms with Crippen LogP contribution in [0.2, 0.25) is 0 Å². The number of rotatable bonds is 3. The molecule has 32 heavy (non-hydrogen) atoms. The van der Waals surface area contributed by atoms with Crippen molar-refractivity contribution in [2.24, 2.45) is 0 Å². The van der Waals surface area contributed by atoms with Crippen LogP contribution in [0.15, 0.2) is 71.1 Å². The maximum atomic E-state index is 13.3. The van der Waals surface area contributed by atoms with Gasteiger partial charge in [0, 0.05) is 40.6 Å². The van der Waals surface area contributed by atoms with E-state index < -0.39 is 23.6 Å². The van der Waals surface area contributed by atoms with Gasteiger partial charge in [-0.25, -0.2) is 0 Å². The third kappa shape index (κ3) is 4.20. The standard InChI is InChI=1S/C25H23F3N2O2/c1-14-9-11-16(12-10-14)22-21(15(2)29-19-7-4-8-20(31)23(19)22)24(32)30-18-6-3-5-17(13-18)25(26,27)28/h3,5-6,9-13,22,29H,4,7-8H2,1-2H3,(H,30,32)/t22-/m0/s1. The van der Waals surface area contributed by atoms with Gasteiger partial charge in [-0.3, -0.25) is 9.59 Å². The molecule has 0 saturated carbocycles. The zero-order chi connectivity index (χ0) is 23.0. The molecule has 0 radical (unpaired) electrons. The number of allylic oxidation sites excluding steroid dienone is 3. The van der Waals surface area contributed by atoms with Gasteiger partial charge in [0.2, 0.25) is 0 Å². The molecule has 4 nitrogen and oxygen atoms in total. The zero-order valence-electron chi connectivity index (χ0n) is 17.8. The molecule has 0 aromatic heterocycles. The van der Waals surface area contributed by atoms with E-state index in [1.165, 1.54) is 12.1 Å². The van der Waals surface area contributed by atoms with Gasteiger partial charge in [-0.1, -0.05) is 35.9 Å². The Morgan fingerprint density at radius 1 is 1.06 bits per heavy atom. The summed E-state index contributed by atoms with van der Waals surface area (Å²) in [6, 6.07) is 12.1. The molecule has 4 rings (SSSR count). The fourth-order valence-corrected chi connectivity index (χ4v) is 4.35. The lowest BCUT2D eigenvalue weighted by Crippen LogP contribution is -2.35. The second-order valence-corrected chi connectivity index (χ2v) is 8.21. The van der Waals surface area contributed by atoms with Crippen molar-refractivity contribution in [3.8, 4) is 0 Å². The molecule has 2 aromatic carbocycles. The van der Waals surface area contributed by atoms with Crippen LogP contribution in [0.4, 0.5) is 18.9 Å². The quantitative estimate of drug-likeness (QED) is 0.651. The number of anilines is 1. The van der Waals surface area contributed by atoms with Crippen molar-refractivity contribution >= 4 is 17.4 Å². The van der Waals surface area contributed by atoms with Gasteiger partial charge in [0.1, 0.15) is 0 Å². The van der Waals surface area contributed by atoms with Crippen molar-refractivity contribution in [1.29, 1.82) is 0 Å². The molecule has 2 N–H and O–H groups in total. The lowest BCUT2D eigenvalue weighted by Gasteiger charge is -2.34. The summed E-state index contributed by atoms with van der Waals surface area (Å²) in [5.74, 6) is -1.13. The summed E-state index contributed by atoms with van der Waals surface area (Å²) < 4.78 is 39.3. The van der Waals surface area contributed by atoms with Crippen LogP contribution in [0, 0.1) is 6.92 Å². The van der Waals surface area contributed by atoms with Crippen LogP contribution >= 0.6 is 0 Å². The largest absolute Gasteiger partial charge is 0.416 e. The van der Waals surface area contributed by atoms with Crippen LogP contribution < -0.4 is 10.6 Å². The monoisotopic (exact) mass is 440 g/mol. The summed E-state index contributed by atoms with van der Waals surface area (Å²) >= 11 is 0. The molecular formula is C25H23F3N2O2. The summed E-state index contributed by atoms with van der Waals surface area (Å²) in [5.41, 5.74) is 3.36. The Morgan fingerprint density at radius 2 is 1.78 bits per heavy atom. The molecule has 1 heterocycles. The molecule has 1 aliphatic heterocycles. The molecule has 1 atom stereocenters. The van der Waals surface area contributed by atoms with E-state index in [1.54, 1.807) is 6.92 Å². The zero-order valence-corrected chi connectivity index (χ0v) is 17.8. The number of carbonyl (C=O) groups is 2. The van der Waals surface area contributed by atoms with E-state index in [9.17, 15) is 22.8 Å². The van der Waals surface area contributed by atoms with Crippen LogP contribution in [0.5, 0.6) is 0 Å². The first-order chi connectivity index (χ1) is 15.1. The number of alkyl halides is 3. The molecule has 0 bridgehead atoms. The topological polar surface area (TPSA) is 58.2 Å². The van der Waals surface area contributed by atoms with Crippen LogP contribution in [-0.2, 0) is 15.8 Å². The van der Waals surface area contributed by atoms with Crippen molar-refractivity contribution in [1.82, 2.24) is 5.32 Å². The van der Waals surface area contributed by atoms with Gasteiger partial charge < -0.3 is 10.6 Å². The maximum absolute atomic E-state index is 13.3. The number of hydrogen-bond donors (Lipinski definition) is 2. The van der Waals surface area contributed by atoms with Crippen molar-refractivity contribution in [3.63, 3.8) is 0 Å². The number of hydrogen-bond acceptors (Lipinski definition) is 3. The van der Waals surface area contributed by atoms with Crippen LogP contribution in [0.3, 0.4) is 0 Å². The fraction of sp³-hybridized carbons (Fsp3) is 0.280. The summed E-state index contributed by atoms with van der Waals surface area (Å²) in [7, 11) is 0. The Balaban J connectivity index is 1.75. The number of halogens is 3. The number of nitrogens with one attached hydrogen (secondary N) is 2. The summed E-state index contributed by atoms with van der Waals surface area (Å²) in [6.45, 7) is 3.70. The number of benzene rings is 2. The van der Waals surface area contributed by atoms with Crippen LogP contribution in [-0.4, -0.2) is 11.7 Å². The lowest BCUT2D eigenvalue weighted by molar-refractivity contribution is -0.137. The second kappa shape index (κ2) is 8.30.